The van der Waals surface area contributed by atoms with E-state index in [0.717, 1.165) is 23.4 Å². The fraction of sp³-hybridized carbons (Fsp3) is 0.455. The number of benzene rings is 1. The Kier molecular flexibility index (Phi) is 2.77. The van der Waals surface area contributed by atoms with Crippen molar-refractivity contribution in [2.24, 2.45) is 5.73 Å². The Balaban J connectivity index is 2.41. The Hall–Kier alpha value is -0.570. The van der Waals surface area contributed by atoms with Crippen molar-refractivity contribution in [3.8, 4) is 0 Å². The summed E-state index contributed by atoms with van der Waals surface area (Å²) >= 11 is 6.14. The lowest BCUT2D eigenvalue weighted by Crippen LogP contribution is -2.14. The zero-order chi connectivity index (χ0) is 10.1. The maximum Gasteiger partial charge on any atom is 0.0624 e. The van der Waals surface area contributed by atoms with Crippen molar-refractivity contribution < 1.29 is 5.11 Å². The first-order chi connectivity index (χ1) is 6.72. The number of nitrogens with two attached hydrogens (primary N) is 1. The van der Waals surface area contributed by atoms with E-state index in [1.165, 1.54) is 17.5 Å². The molecule has 0 radical (unpaired) electrons. The highest BCUT2D eigenvalue weighted by atomic mass is 35.5. The fourth-order valence-corrected chi connectivity index (χ4v) is 2.34. The van der Waals surface area contributed by atoms with E-state index >= 15 is 0 Å². The van der Waals surface area contributed by atoms with Crippen molar-refractivity contribution in [2.75, 3.05) is 6.61 Å². The van der Waals surface area contributed by atoms with Gasteiger partial charge in [-0.15, -0.1) is 0 Å². The van der Waals surface area contributed by atoms with Gasteiger partial charge in [0, 0.05) is 5.02 Å². The van der Waals surface area contributed by atoms with Crippen LogP contribution in [0.25, 0.3) is 0 Å². The summed E-state index contributed by atoms with van der Waals surface area (Å²) in [6.07, 6.45) is 3.33. The minimum Gasteiger partial charge on any atom is -0.394 e. The maximum atomic E-state index is 8.96. The quantitative estimate of drug-likeness (QED) is 0.784. The summed E-state index contributed by atoms with van der Waals surface area (Å²) in [5.74, 6) is 0. The minimum atomic E-state index is -0.307. The zero-order valence-electron chi connectivity index (χ0n) is 7.96. The van der Waals surface area contributed by atoms with Crippen LogP contribution < -0.4 is 5.73 Å². The molecule has 2 rings (SSSR count). The van der Waals surface area contributed by atoms with Crippen molar-refractivity contribution >= 4 is 11.6 Å². The van der Waals surface area contributed by atoms with Crippen LogP contribution in [0.5, 0.6) is 0 Å². The van der Waals surface area contributed by atoms with Crippen molar-refractivity contribution in [1.82, 2.24) is 0 Å². The maximum absolute atomic E-state index is 8.96. The van der Waals surface area contributed by atoms with E-state index in [0.29, 0.717) is 0 Å². The van der Waals surface area contributed by atoms with E-state index in [9.17, 15) is 0 Å². The first kappa shape index (κ1) is 9.97. The molecule has 1 atom stereocenters. The van der Waals surface area contributed by atoms with Gasteiger partial charge in [0.1, 0.15) is 0 Å². The summed E-state index contributed by atoms with van der Waals surface area (Å²) in [5, 5.41) is 9.76. The second-order valence-electron chi connectivity index (χ2n) is 3.78. The third-order valence-corrected chi connectivity index (χ3v) is 3.15. The Morgan fingerprint density at radius 1 is 1.43 bits per heavy atom. The Morgan fingerprint density at radius 2 is 2.21 bits per heavy atom. The zero-order valence-corrected chi connectivity index (χ0v) is 8.72. The molecule has 2 nitrogen and oxygen atoms in total. The summed E-state index contributed by atoms with van der Waals surface area (Å²) in [6, 6.07) is 3.65. The SMILES string of the molecule is NC(CO)c1cc(Cl)c2c(c1)CCC2. The lowest BCUT2D eigenvalue weighted by molar-refractivity contribution is 0.268. The van der Waals surface area contributed by atoms with Crippen LogP contribution in [0.15, 0.2) is 12.1 Å². The molecule has 14 heavy (non-hydrogen) atoms. The van der Waals surface area contributed by atoms with Crippen LogP contribution in [0.4, 0.5) is 0 Å². The molecule has 0 bridgehead atoms. The standard InChI is InChI=1S/C11H14ClNO/c12-10-5-8(11(13)6-14)4-7-2-1-3-9(7)10/h4-5,11,14H,1-3,6,13H2. The highest BCUT2D eigenvalue weighted by molar-refractivity contribution is 6.31. The van der Waals surface area contributed by atoms with Gasteiger partial charge in [0.25, 0.3) is 0 Å². The van der Waals surface area contributed by atoms with Crippen LogP contribution in [0, 0.1) is 0 Å². The molecule has 0 heterocycles. The van der Waals surface area contributed by atoms with E-state index in [-0.39, 0.29) is 12.6 Å². The Labute approximate surface area is 88.7 Å². The van der Waals surface area contributed by atoms with Gasteiger partial charge in [0.15, 0.2) is 0 Å². The summed E-state index contributed by atoms with van der Waals surface area (Å²) in [6.45, 7) is -0.0326. The highest BCUT2D eigenvalue weighted by Crippen LogP contribution is 2.31. The smallest absolute Gasteiger partial charge is 0.0624 e. The van der Waals surface area contributed by atoms with E-state index in [2.05, 4.69) is 6.07 Å². The van der Waals surface area contributed by atoms with Crippen LogP contribution >= 0.6 is 11.6 Å². The average Bonchev–Trinajstić information content (AvgIpc) is 2.64. The molecular weight excluding hydrogens is 198 g/mol. The van der Waals surface area contributed by atoms with Crippen LogP contribution in [0.2, 0.25) is 5.02 Å². The molecule has 1 aromatic carbocycles. The third kappa shape index (κ3) is 1.65. The molecule has 0 aliphatic heterocycles. The van der Waals surface area contributed by atoms with Gasteiger partial charge in [-0.25, -0.2) is 0 Å². The second-order valence-corrected chi connectivity index (χ2v) is 4.19. The summed E-state index contributed by atoms with van der Waals surface area (Å²) in [4.78, 5) is 0. The number of hydrogen-bond donors (Lipinski definition) is 2. The number of aliphatic hydroxyl groups is 1. The van der Waals surface area contributed by atoms with Gasteiger partial charge in [-0.3, -0.25) is 0 Å². The van der Waals surface area contributed by atoms with E-state index in [1.54, 1.807) is 0 Å². The highest BCUT2D eigenvalue weighted by Gasteiger charge is 2.16. The van der Waals surface area contributed by atoms with Crippen molar-refractivity contribution in [3.05, 3.63) is 33.8 Å². The molecule has 1 aromatic rings. The van der Waals surface area contributed by atoms with Crippen molar-refractivity contribution in [3.63, 3.8) is 0 Å². The number of rotatable bonds is 2. The average molecular weight is 212 g/mol. The van der Waals surface area contributed by atoms with E-state index in [4.69, 9.17) is 22.4 Å². The Bertz CT molecular complexity index is 351. The lowest BCUT2D eigenvalue weighted by Gasteiger charge is -2.12. The van der Waals surface area contributed by atoms with Gasteiger partial charge in [0.05, 0.1) is 12.6 Å². The predicted molar refractivity (Wildman–Crippen MR) is 57.5 cm³/mol. The van der Waals surface area contributed by atoms with Crippen LogP contribution in [-0.4, -0.2) is 11.7 Å². The van der Waals surface area contributed by atoms with Gasteiger partial charge in [-0.2, -0.15) is 0 Å². The molecule has 1 aliphatic rings. The van der Waals surface area contributed by atoms with E-state index in [1.807, 2.05) is 6.07 Å². The molecule has 1 aliphatic carbocycles. The minimum absolute atomic E-state index is 0.0326. The first-order valence-electron chi connectivity index (χ1n) is 4.90. The van der Waals surface area contributed by atoms with Gasteiger partial charge >= 0.3 is 0 Å². The van der Waals surface area contributed by atoms with Gasteiger partial charge in [0.2, 0.25) is 0 Å². The molecule has 0 amide bonds. The molecule has 0 spiro atoms. The molecule has 0 fully saturated rings. The molecule has 3 N–H and O–H groups in total. The van der Waals surface area contributed by atoms with Gasteiger partial charge in [-0.05, 0) is 42.0 Å². The number of halogens is 1. The molecule has 0 saturated heterocycles. The fourth-order valence-electron chi connectivity index (χ4n) is 1.99. The van der Waals surface area contributed by atoms with Crippen LogP contribution in [0.3, 0.4) is 0 Å². The molecule has 0 aromatic heterocycles. The van der Waals surface area contributed by atoms with E-state index < -0.39 is 0 Å². The lowest BCUT2D eigenvalue weighted by atomic mass is 10.0. The van der Waals surface area contributed by atoms with Crippen LogP contribution in [0.1, 0.15) is 29.2 Å². The number of aliphatic hydroxyl groups excluding tert-OH is 1. The van der Waals surface area contributed by atoms with Gasteiger partial charge in [-0.1, -0.05) is 17.7 Å². The number of fused-ring (bicyclic) bond motifs is 1. The normalized spacial score (nSPS) is 16.8. The third-order valence-electron chi connectivity index (χ3n) is 2.81. The van der Waals surface area contributed by atoms with Crippen molar-refractivity contribution in [2.45, 2.75) is 25.3 Å². The van der Waals surface area contributed by atoms with Crippen molar-refractivity contribution in [1.29, 1.82) is 0 Å². The number of hydrogen-bond acceptors (Lipinski definition) is 2. The predicted octanol–water partition coefficient (Wildman–Crippen LogP) is 1.82. The summed E-state index contributed by atoms with van der Waals surface area (Å²) in [5.41, 5.74) is 9.26. The van der Waals surface area contributed by atoms with Gasteiger partial charge < -0.3 is 10.8 Å². The molecule has 0 saturated carbocycles. The summed E-state index contributed by atoms with van der Waals surface area (Å²) < 4.78 is 0. The molecule has 1 unspecified atom stereocenters. The monoisotopic (exact) mass is 211 g/mol. The molecule has 76 valence electrons. The Morgan fingerprint density at radius 3 is 2.93 bits per heavy atom. The molecule has 3 heteroatoms. The topological polar surface area (TPSA) is 46.2 Å². The summed E-state index contributed by atoms with van der Waals surface area (Å²) in [7, 11) is 0. The number of aryl methyl sites for hydroxylation is 1. The largest absolute Gasteiger partial charge is 0.394 e. The van der Waals surface area contributed by atoms with Crippen LogP contribution in [-0.2, 0) is 12.8 Å². The first-order valence-corrected chi connectivity index (χ1v) is 5.28. The second kappa shape index (κ2) is 3.89. The molecular formula is C11H14ClNO.